The van der Waals surface area contributed by atoms with Crippen LogP contribution in [-0.4, -0.2) is 12.5 Å². The molecule has 0 fully saturated rings. The Hall–Kier alpha value is -3.66. The molecule has 37 heavy (non-hydrogen) atoms. The van der Waals surface area contributed by atoms with Crippen molar-refractivity contribution in [3.8, 4) is 23.6 Å². The summed E-state index contributed by atoms with van der Waals surface area (Å²) >= 11 is 4.89. The first-order valence-corrected chi connectivity index (χ1v) is 13.4. The van der Waals surface area contributed by atoms with E-state index < -0.39 is 5.91 Å². The Kier molecular flexibility index (Phi) is 8.60. The summed E-state index contributed by atoms with van der Waals surface area (Å²) in [6, 6.07) is 13.7. The number of carbonyl (C=O) groups is 1. The lowest BCUT2D eigenvalue weighted by molar-refractivity contribution is -0.112. The Bertz CT molecular complexity index is 1450. The van der Waals surface area contributed by atoms with Gasteiger partial charge < -0.3 is 14.8 Å². The lowest BCUT2D eigenvalue weighted by atomic mass is 9.96. The molecule has 1 aliphatic rings. The van der Waals surface area contributed by atoms with Crippen molar-refractivity contribution in [2.75, 3.05) is 11.9 Å². The van der Waals surface area contributed by atoms with E-state index in [1.54, 1.807) is 24.3 Å². The predicted molar refractivity (Wildman–Crippen MR) is 144 cm³/mol. The van der Waals surface area contributed by atoms with Gasteiger partial charge in [0.25, 0.3) is 5.91 Å². The van der Waals surface area contributed by atoms with Crippen LogP contribution in [0, 0.1) is 28.5 Å². The topological polar surface area (TPSA) is 95.1 Å². The molecule has 1 aliphatic carbocycles. The summed E-state index contributed by atoms with van der Waals surface area (Å²) in [5.74, 6) is -0.0849. The summed E-state index contributed by atoms with van der Waals surface area (Å²) < 4.78 is 25.7. The standard InChI is InChI=1S/C28H23BrFN3O3S/c1-2-35-24-12-18(23(29)13-25(24)36-16-17-6-5-7-20(30)10-17)11-19(14-31)27(34)33-28-22(15-32)21-8-3-4-9-26(21)37-28/h5-7,10-13H,2-4,8-9,16H2,1H3,(H,33,34)/b19-11+. The number of nitrogens with one attached hydrogen (secondary N) is 1. The summed E-state index contributed by atoms with van der Waals surface area (Å²) in [6.45, 7) is 2.33. The number of carbonyl (C=O) groups excluding carboxylic acids is 1. The molecule has 9 heteroatoms. The first-order chi connectivity index (χ1) is 17.9. The predicted octanol–water partition coefficient (Wildman–Crippen LogP) is 6.92. The van der Waals surface area contributed by atoms with Gasteiger partial charge in [0, 0.05) is 9.35 Å². The van der Waals surface area contributed by atoms with E-state index in [-0.39, 0.29) is 18.0 Å². The summed E-state index contributed by atoms with van der Waals surface area (Å²) in [5, 5.41) is 22.6. The van der Waals surface area contributed by atoms with Crippen LogP contribution in [-0.2, 0) is 24.2 Å². The number of fused-ring (bicyclic) bond motifs is 1. The van der Waals surface area contributed by atoms with Crippen molar-refractivity contribution < 1.29 is 18.7 Å². The molecule has 188 valence electrons. The highest BCUT2D eigenvalue weighted by Gasteiger charge is 2.23. The van der Waals surface area contributed by atoms with Crippen molar-refractivity contribution in [3.63, 3.8) is 0 Å². The van der Waals surface area contributed by atoms with Crippen LogP contribution in [0.4, 0.5) is 9.39 Å². The fourth-order valence-corrected chi connectivity index (χ4v) is 5.75. The number of benzene rings is 2. The Morgan fingerprint density at radius 2 is 1.97 bits per heavy atom. The highest BCUT2D eigenvalue weighted by atomic mass is 79.9. The van der Waals surface area contributed by atoms with Crippen LogP contribution < -0.4 is 14.8 Å². The molecule has 6 nitrogen and oxygen atoms in total. The van der Waals surface area contributed by atoms with E-state index in [9.17, 15) is 19.7 Å². The van der Waals surface area contributed by atoms with Crippen molar-refractivity contribution >= 4 is 44.3 Å². The van der Waals surface area contributed by atoms with Gasteiger partial charge in [-0.05, 0) is 79.6 Å². The molecule has 0 saturated carbocycles. The smallest absolute Gasteiger partial charge is 0.266 e. The van der Waals surface area contributed by atoms with Gasteiger partial charge >= 0.3 is 0 Å². The summed E-state index contributed by atoms with van der Waals surface area (Å²) in [7, 11) is 0. The molecule has 1 heterocycles. The molecule has 0 unspecified atom stereocenters. The highest BCUT2D eigenvalue weighted by Crippen LogP contribution is 2.38. The molecule has 3 aromatic rings. The zero-order valence-corrected chi connectivity index (χ0v) is 22.5. The Balaban J connectivity index is 1.58. The minimum absolute atomic E-state index is 0.119. The van der Waals surface area contributed by atoms with E-state index >= 15 is 0 Å². The number of aryl methyl sites for hydroxylation is 1. The van der Waals surface area contributed by atoms with E-state index in [1.165, 1.54) is 29.5 Å². The fourth-order valence-electron chi connectivity index (χ4n) is 4.08. The largest absolute Gasteiger partial charge is 0.490 e. The first kappa shape index (κ1) is 26.4. The number of amides is 1. The van der Waals surface area contributed by atoms with E-state index in [4.69, 9.17) is 9.47 Å². The van der Waals surface area contributed by atoms with Gasteiger partial charge in [0.2, 0.25) is 0 Å². The number of nitrogens with zero attached hydrogens (tertiary/aromatic N) is 2. The third-order valence-corrected chi connectivity index (χ3v) is 7.72. The molecular weight excluding hydrogens is 557 g/mol. The van der Waals surface area contributed by atoms with Gasteiger partial charge in [0.05, 0.1) is 12.2 Å². The van der Waals surface area contributed by atoms with Crippen LogP contribution in [0.15, 0.2) is 46.4 Å². The zero-order chi connectivity index (χ0) is 26.4. The molecule has 0 atom stereocenters. The van der Waals surface area contributed by atoms with E-state index in [1.807, 2.05) is 13.0 Å². The second-order valence-electron chi connectivity index (χ2n) is 8.32. The van der Waals surface area contributed by atoms with Crippen LogP contribution in [0.5, 0.6) is 11.5 Å². The third kappa shape index (κ3) is 6.19. The molecule has 1 amide bonds. The maximum absolute atomic E-state index is 13.5. The highest BCUT2D eigenvalue weighted by molar-refractivity contribution is 9.10. The summed E-state index contributed by atoms with van der Waals surface area (Å²) in [6.07, 6.45) is 5.26. The maximum Gasteiger partial charge on any atom is 0.266 e. The van der Waals surface area contributed by atoms with Gasteiger partial charge in [0.15, 0.2) is 11.5 Å². The van der Waals surface area contributed by atoms with Crippen molar-refractivity contribution in [2.24, 2.45) is 0 Å². The minimum atomic E-state index is -0.589. The molecule has 0 spiro atoms. The molecule has 4 rings (SSSR count). The molecule has 2 aromatic carbocycles. The van der Waals surface area contributed by atoms with Crippen molar-refractivity contribution in [1.82, 2.24) is 0 Å². The van der Waals surface area contributed by atoms with Gasteiger partial charge in [-0.15, -0.1) is 11.3 Å². The Morgan fingerprint density at radius 3 is 2.70 bits per heavy atom. The van der Waals surface area contributed by atoms with E-state index in [0.717, 1.165) is 36.1 Å². The fraction of sp³-hybridized carbons (Fsp3) is 0.250. The molecular formula is C28H23BrFN3O3S. The minimum Gasteiger partial charge on any atom is -0.490 e. The molecule has 0 aliphatic heterocycles. The van der Waals surface area contributed by atoms with Gasteiger partial charge in [-0.2, -0.15) is 10.5 Å². The maximum atomic E-state index is 13.5. The lowest BCUT2D eigenvalue weighted by Gasteiger charge is -2.14. The number of nitriles is 2. The average molecular weight is 580 g/mol. The zero-order valence-electron chi connectivity index (χ0n) is 20.1. The third-order valence-electron chi connectivity index (χ3n) is 5.82. The van der Waals surface area contributed by atoms with Crippen LogP contribution in [0.3, 0.4) is 0 Å². The molecule has 1 N–H and O–H groups in total. The number of hydrogen-bond donors (Lipinski definition) is 1. The molecule has 0 saturated heterocycles. The second-order valence-corrected chi connectivity index (χ2v) is 10.3. The summed E-state index contributed by atoms with van der Waals surface area (Å²) in [4.78, 5) is 14.1. The molecule has 0 radical (unpaired) electrons. The average Bonchev–Trinajstić information content (AvgIpc) is 3.24. The monoisotopic (exact) mass is 579 g/mol. The number of halogens is 2. The first-order valence-electron chi connectivity index (χ1n) is 11.7. The van der Waals surface area contributed by atoms with Crippen LogP contribution in [0.25, 0.3) is 6.08 Å². The normalized spacial score (nSPS) is 12.7. The van der Waals surface area contributed by atoms with Gasteiger partial charge in [-0.3, -0.25) is 4.79 Å². The summed E-state index contributed by atoms with van der Waals surface area (Å²) in [5.41, 5.74) is 2.59. The van der Waals surface area contributed by atoms with Gasteiger partial charge in [-0.1, -0.05) is 28.1 Å². The second kappa shape index (κ2) is 12.1. The van der Waals surface area contributed by atoms with Crippen molar-refractivity contribution in [3.05, 3.63) is 79.4 Å². The van der Waals surface area contributed by atoms with Crippen LogP contribution in [0.2, 0.25) is 0 Å². The van der Waals surface area contributed by atoms with Crippen LogP contribution in [0.1, 0.15) is 46.9 Å². The van der Waals surface area contributed by atoms with Crippen molar-refractivity contribution in [2.45, 2.75) is 39.2 Å². The number of anilines is 1. The number of hydrogen-bond acceptors (Lipinski definition) is 6. The number of thiophene rings is 1. The molecule has 1 aromatic heterocycles. The van der Waals surface area contributed by atoms with E-state index in [0.29, 0.717) is 44.3 Å². The lowest BCUT2D eigenvalue weighted by Crippen LogP contribution is -2.13. The Morgan fingerprint density at radius 1 is 1.19 bits per heavy atom. The van der Waals surface area contributed by atoms with E-state index in [2.05, 4.69) is 27.3 Å². The Labute approximate surface area is 227 Å². The number of rotatable bonds is 8. The van der Waals surface area contributed by atoms with Crippen molar-refractivity contribution in [1.29, 1.82) is 10.5 Å². The quantitative estimate of drug-likeness (QED) is 0.231. The van der Waals surface area contributed by atoms with Gasteiger partial charge in [0.1, 0.15) is 35.1 Å². The van der Waals surface area contributed by atoms with Crippen LogP contribution >= 0.6 is 27.3 Å². The number of ether oxygens (including phenoxy) is 2. The van der Waals surface area contributed by atoms with Gasteiger partial charge in [-0.25, -0.2) is 4.39 Å². The molecule has 0 bridgehead atoms. The SMILES string of the molecule is CCOc1cc(/C=C(\C#N)C(=O)Nc2sc3c(c2C#N)CCCC3)c(Br)cc1OCc1cccc(F)c1.